The molecular weight excluding hydrogens is 233 g/mol. The minimum Gasteiger partial charge on any atom is -0.870 e. The van der Waals surface area contributed by atoms with E-state index >= 15 is 0 Å². The van der Waals surface area contributed by atoms with E-state index in [1.54, 1.807) is 0 Å². The molecule has 0 radical (unpaired) electrons. The van der Waals surface area contributed by atoms with Crippen LogP contribution in [0.2, 0.25) is 0 Å². The Morgan fingerprint density at radius 3 is 1.14 bits per heavy atom. The fourth-order valence-corrected chi connectivity index (χ4v) is 0.157. The summed E-state index contributed by atoms with van der Waals surface area (Å²) in [6.45, 7) is 0. The molecule has 0 aromatic heterocycles. The van der Waals surface area contributed by atoms with Gasteiger partial charge in [0, 0.05) is 0 Å². The predicted octanol–water partition coefficient (Wildman–Crippen LogP) is -11.3. The van der Waals surface area contributed by atoms with Crippen LogP contribution in [0.3, 0.4) is 0 Å². The normalized spacial score (nSPS) is 5.71. The Morgan fingerprint density at radius 2 is 1.00 bits per heavy atom. The minimum atomic E-state index is -2.20. The van der Waals surface area contributed by atoms with Crippen molar-refractivity contribution in [3.63, 3.8) is 0 Å². The van der Waals surface area contributed by atoms with Crippen molar-refractivity contribution in [2.45, 2.75) is 0 Å². The third-order valence-electron chi connectivity index (χ3n) is 0.333. The Kier molecular flexibility index (Phi) is 34.9. The molecule has 0 aromatic rings. The first-order valence-electron chi connectivity index (χ1n) is 1.84. The summed E-state index contributed by atoms with van der Waals surface area (Å²) in [4.78, 5) is 28.5. The van der Waals surface area contributed by atoms with E-state index in [4.69, 9.17) is 0 Å². The maximum atomic E-state index is 9.78. The summed E-state index contributed by atoms with van der Waals surface area (Å²) in [5, 5.41) is 18.7. The fourth-order valence-electron chi connectivity index (χ4n) is 0.157. The monoisotopic (exact) mass is 234 g/mol. The molecule has 0 saturated heterocycles. The fraction of sp³-hybridized carbons (Fsp3) is 0. The molecule has 0 aromatic carbocycles. The Bertz CT molecular complexity index is 163. The number of carbonyl (C=O) groups excluding carboxylic acids is 3. The van der Waals surface area contributed by atoms with E-state index in [1.165, 1.54) is 0 Å². The molecule has 0 bridgehead atoms. The first-order valence-corrected chi connectivity index (χ1v) is 1.84. The molecule has 11 heteroatoms. The van der Waals surface area contributed by atoms with Gasteiger partial charge in [-0.2, -0.15) is 0 Å². The first-order chi connectivity index (χ1) is 4.52. The van der Waals surface area contributed by atoms with Crippen LogP contribution < -0.4 is 98.9 Å². The Morgan fingerprint density at radius 1 is 0.786 bits per heavy atom. The summed E-state index contributed by atoms with van der Waals surface area (Å²) in [5.41, 5.74) is 0. The second kappa shape index (κ2) is 16.6. The molecule has 0 atom stereocenters. The number of hydrogen-bond donors (Lipinski definition) is 0. The van der Waals surface area contributed by atoms with Gasteiger partial charge in [0.15, 0.2) is 0 Å². The summed E-state index contributed by atoms with van der Waals surface area (Å²) in [6, 6.07) is 0. The van der Waals surface area contributed by atoms with Crippen LogP contribution in [0, 0.1) is 0 Å². The zero-order valence-corrected chi connectivity index (χ0v) is 13.8. The van der Waals surface area contributed by atoms with Crippen LogP contribution in [0.25, 0.3) is 0 Å². The van der Waals surface area contributed by atoms with Crippen molar-refractivity contribution in [1.29, 1.82) is 0 Å². The van der Waals surface area contributed by atoms with Crippen molar-refractivity contribution < 1.29 is 128 Å². The molecule has 0 amide bonds. The van der Waals surface area contributed by atoms with Gasteiger partial charge in [-0.3, -0.25) is 0 Å². The van der Waals surface area contributed by atoms with Crippen molar-refractivity contribution in [3.05, 3.63) is 0 Å². The van der Waals surface area contributed by atoms with E-state index in [1.807, 2.05) is 0 Å². The standard InChI is InChI=1S/C3H2O7.3Na.H2O/c4-1(5)9-3(8)10-2(6)7;;;;/h(H,4,5)(H,6,7);;;;1H2/q;3*+1;/p-3. The van der Waals surface area contributed by atoms with Gasteiger partial charge >= 0.3 is 94.8 Å². The number of ether oxygens (including phenoxy) is 2. The molecule has 0 rings (SSSR count). The average Bonchev–Trinajstić information content (AvgIpc) is 1.58. The average molecular weight is 234 g/mol. The molecule has 8 nitrogen and oxygen atoms in total. The molecule has 14 heavy (non-hydrogen) atoms. The second-order valence-electron chi connectivity index (χ2n) is 0.954. The van der Waals surface area contributed by atoms with E-state index in [2.05, 4.69) is 9.47 Å². The second-order valence-corrected chi connectivity index (χ2v) is 0.954. The maximum absolute atomic E-state index is 9.78. The summed E-state index contributed by atoms with van der Waals surface area (Å²) in [7, 11) is 0. The van der Waals surface area contributed by atoms with Crippen molar-refractivity contribution in [2.24, 2.45) is 0 Å². The Balaban J connectivity index is -0.0000000675. The molecule has 0 aliphatic rings. The SMILES string of the molecule is O=C([O-])OC(=O)OC(=O)[O-].[Na+].[Na+].[Na+].[OH-]. The number of hydrogen-bond acceptors (Lipinski definition) is 8. The van der Waals surface area contributed by atoms with Crippen LogP contribution in [0.15, 0.2) is 0 Å². The van der Waals surface area contributed by atoms with Crippen molar-refractivity contribution in [1.82, 2.24) is 0 Å². The van der Waals surface area contributed by atoms with Crippen molar-refractivity contribution in [3.8, 4) is 0 Å². The van der Waals surface area contributed by atoms with Gasteiger partial charge < -0.3 is 34.8 Å². The molecule has 64 valence electrons. The zero-order chi connectivity index (χ0) is 8.15. The van der Waals surface area contributed by atoms with Crippen LogP contribution in [-0.4, -0.2) is 23.9 Å². The van der Waals surface area contributed by atoms with E-state index in [0.717, 1.165) is 0 Å². The quantitative estimate of drug-likeness (QED) is 0.228. The molecule has 0 fully saturated rings. The minimum absolute atomic E-state index is 0. The van der Waals surface area contributed by atoms with Gasteiger partial charge in [-0.25, -0.2) is 4.79 Å². The van der Waals surface area contributed by atoms with Crippen LogP contribution in [0.4, 0.5) is 14.4 Å². The van der Waals surface area contributed by atoms with E-state index in [9.17, 15) is 24.6 Å². The first kappa shape index (κ1) is 29.4. The van der Waals surface area contributed by atoms with Crippen molar-refractivity contribution >= 4 is 18.5 Å². The van der Waals surface area contributed by atoms with E-state index in [0.29, 0.717) is 0 Å². The topological polar surface area (TPSA) is 146 Å². The molecule has 1 N–H and O–H groups in total. The van der Waals surface area contributed by atoms with E-state index < -0.39 is 18.5 Å². The third-order valence-corrected chi connectivity index (χ3v) is 0.333. The summed E-state index contributed by atoms with van der Waals surface area (Å²) < 4.78 is 6.17. The van der Waals surface area contributed by atoms with Crippen molar-refractivity contribution in [2.75, 3.05) is 0 Å². The molecule has 0 aliphatic carbocycles. The van der Waals surface area contributed by atoms with Gasteiger partial charge in [0.25, 0.3) is 12.3 Å². The molecule has 0 saturated carbocycles. The predicted molar refractivity (Wildman–Crippen MR) is 20.3 cm³/mol. The van der Waals surface area contributed by atoms with Crippen LogP contribution in [0.5, 0.6) is 0 Å². The number of carboxylic acid groups (broad SMARTS) is 2. The molecule has 0 spiro atoms. The Hall–Kier alpha value is 1.17. The van der Waals surface area contributed by atoms with Gasteiger partial charge in [-0.05, 0) is 0 Å². The van der Waals surface area contributed by atoms with Gasteiger partial charge in [0.2, 0.25) is 0 Å². The molecule has 0 unspecified atom stereocenters. The van der Waals surface area contributed by atoms with Crippen LogP contribution in [0.1, 0.15) is 0 Å². The van der Waals surface area contributed by atoms with Gasteiger partial charge in [-0.15, -0.1) is 0 Å². The van der Waals surface area contributed by atoms with Crippen LogP contribution in [-0.2, 0) is 9.47 Å². The number of carbonyl (C=O) groups is 3. The van der Waals surface area contributed by atoms with E-state index in [-0.39, 0.29) is 94.1 Å². The summed E-state index contributed by atoms with van der Waals surface area (Å²) in [6.07, 6.45) is -6.32. The Labute approximate surface area is 144 Å². The maximum Gasteiger partial charge on any atom is 1.00 e. The van der Waals surface area contributed by atoms with Gasteiger partial charge in [-0.1, -0.05) is 0 Å². The third kappa shape index (κ3) is 23.2. The smallest absolute Gasteiger partial charge is 0.870 e. The summed E-state index contributed by atoms with van der Waals surface area (Å²) in [5.74, 6) is 0. The zero-order valence-electron chi connectivity index (χ0n) is 7.80. The largest absolute Gasteiger partial charge is 1.00 e. The van der Waals surface area contributed by atoms with Gasteiger partial charge in [0.05, 0.1) is 0 Å². The molecule has 0 aliphatic heterocycles. The molecule has 0 heterocycles. The van der Waals surface area contributed by atoms with Gasteiger partial charge in [0.1, 0.15) is 0 Å². The molecular formula is C3HNa3O8. The van der Waals surface area contributed by atoms with Crippen LogP contribution >= 0.6 is 0 Å². The summed E-state index contributed by atoms with van der Waals surface area (Å²) >= 11 is 0. The number of rotatable bonds is 0.